The number of benzene rings is 1. The van der Waals surface area contributed by atoms with Crippen molar-refractivity contribution in [2.24, 2.45) is 4.99 Å². The van der Waals surface area contributed by atoms with Crippen LogP contribution in [0.1, 0.15) is 31.7 Å². The smallest absolute Gasteiger partial charge is 0.224 e. The molecule has 5 nitrogen and oxygen atoms in total. The Morgan fingerprint density at radius 2 is 2.15 bits per heavy atom. The van der Waals surface area contributed by atoms with Crippen molar-refractivity contribution in [1.82, 2.24) is 15.5 Å². The molecule has 1 amide bonds. The predicted molar refractivity (Wildman–Crippen MR) is 130 cm³/mol. The van der Waals surface area contributed by atoms with Crippen LogP contribution in [0, 0.1) is 0 Å². The Morgan fingerprint density at radius 3 is 2.81 bits per heavy atom. The topological polar surface area (TPSA) is 56.7 Å². The van der Waals surface area contributed by atoms with Crippen LogP contribution in [0.3, 0.4) is 0 Å². The molecule has 152 valence electrons. The van der Waals surface area contributed by atoms with Gasteiger partial charge in [-0.2, -0.15) is 11.8 Å². The number of carbonyl (C=O) groups is 1. The first kappa shape index (κ1) is 24.6. The first-order valence-corrected chi connectivity index (χ1v) is 11.1. The van der Waals surface area contributed by atoms with Crippen LogP contribution in [0.5, 0.6) is 0 Å². The Labute approximate surface area is 192 Å². The molecule has 0 saturated carbocycles. The zero-order valence-corrected chi connectivity index (χ0v) is 20.8. The molecule has 1 aromatic rings. The molecule has 2 rings (SSSR count). The highest BCUT2D eigenvalue weighted by atomic mass is 127. The predicted octanol–water partition coefficient (Wildman–Crippen LogP) is 3.87. The molecular formula is C19H30BrIN4OS. The van der Waals surface area contributed by atoms with Crippen LogP contribution in [0.25, 0.3) is 0 Å². The number of guanidine groups is 1. The Balaban J connectivity index is 0.00000364. The zero-order chi connectivity index (χ0) is 18.8. The minimum Gasteiger partial charge on any atom is -0.357 e. The lowest BCUT2D eigenvalue weighted by atomic mass is 10.2. The number of hydrogen-bond acceptors (Lipinski definition) is 3. The van der Waals surface area contributed by atoms with E-state index in [0.717, 1.165) is 29.1 Å². The average Bonchev–Trinajstić information content (AvgIpc) is 3.15. The number of nitrogens with one attached hydrogen (secondary N) is 2. The van der Waals surface area contributed by atoms with Crippen LogP contribution >= 0.6 is 51.7 Å². The molecule has 1 aromatic carbocycles. The fourth-order valence-corrected chi connectivity index (χ4v) is 4.36. The van der Waals surface area contributed by atoms with Gasteiger partial charge in [-0.1, -0.05) is 34.1 Å². The van der Waals surface area contributed by atoms with E-state index in [1.54, 1.807) is 4.90 Å². The van der Waals surface area contributed by atoms with Crippen LogP contribution in [-0.4, -0.2) is 54.5 Å². The van der Waals surface area contributed by atoms with Gasteiger partial charge >= 0.3 is 0 Å². The van der Waals surface area contributed by atoms with Crippen molar-refractivity contribution in [2.75, 3.05) is 32.4 Å². The number of aliphatic imine (C=N–C) groups is 1. The molecule has 1 aliphatic heterocycles. The van der Waals surface area contributed by atoms with Gasteiger partial charge in [0.2, 0.25) is 5.91 Å². The van der Waals surface area contributed by atoms with Gasteiger partial charge in [0.05, 0.1) is 6.54 Å². The average molecular weight is 569 g/mol. The van der Waals surface area contributed by atoms with E-state index in [-0.39, 0.29) is 29.9 Å². The number of thioether (sulfide) groups is 1. The molecule has 1 fully saturated rings. The van der Waals surface area contributed by atoms with Gasteiger partial charge in [0.15, 0.2) is 5.96 Å². The second-order valence-corrected chi connectivity index (χ2v) is 8.64. The summed E-state index contributed by atoms with van der Waals surface area (Å²) in [5.41, 5.74) is 1.11. The maximum absolute atomic E-state index is 12.4. The van der Waals surface area contributed by atoms with Crippen molar-refractivity contribution in [3.05, 3.63) is 34.3 Å². The van der Waals surface area contributed by atoms with Gasteiger partial charge in [-0.05, 0) is 37.1 Å². The minimum atomic E-state index is 0. The maximum atomic E-state index is 12.4. The second kappa shape index (κ2) is 13.7. The summed E-state index contributed by atoms with van der Waals surface area (Å²) in [6.45, 7) is 4.91. The quantitative estimate of drug-likeness (QED) is 0.284. The monoisotopic (exact) mass is 568 g/mol. The molecule has 27 heavy (non-hydrogen) atoms. The molecule has 1 aliphatic rings. The molecule has 8 heteroatoms. The Kier molecular flexibility index (Phi) is 12.4. The van der Waals surface area contributed by atoms with Gasteiger partial charge in [0.25, 0.3) is 0 Å². The van der Waals surface area contributed by atoms with E-state index >= 15 is 0 Å². The lowest BCUT2D eigenvalue weighted by Crippen LogP contribution is -2.39. The third-order valence-corrected chi connectivity index (χ3v) is 6.40. The highest BCUT2D eigenvalue weighted by molar-refractivity contribution is 14.0. The fourth-order valence-electron chi connectivity index (χ4n) is 2.77. The van der Waals surface area contributed by atoms with E-state index < -0.39 is 0 Å². The largest absolute Gasteiger partial charge is 0.357 e. The molecule has 1 saturated heterocycles. The Morgan fingerprint density at radius 1 is 1.37 bits per heavy atom. The van der Waals surface area contributed by atoms with Crippen molar-refractivity contribution in [3.63, 3.8) is 0 Å². The van der Waals surface area contributed by atoms with Gasteiger partial charge in [-0.25, -0.2) is 0 Å². The summed E-state index contributed by atoms with van der Waals surface area (Å²) in [7, 11) is 1.85. The van der Waals surface area contributed by atoms with Gasteiger partial charge in [-0.15, -0.1) is 24.0 Å². The first-order valence-electron chi connectivity index (χ1n) is 9.21. The highest BCUT2D eigenvalue weighted by Gasteiger charge is 2.15. The molecule has 2 N–H and O–H groups in total. The number of nitrogens with zero attached hydrogens (tertiary/aromatic N) is 2. The first-order chi connectivity index (χ1) is 12.6. The molecule has 1 unspecified atom stereocenters. The van der Waals surface area contributed by atoms with Gasteiger partial charge in [0, 0.05) is 42.8 Å². The van der Waals surface area contributed by atoms with Gasteiger partial charge in [0.1, 0.15) is 0 Å². The van der Waals surface area contributed by atoms with Crippen LogP contribution < -0.4 is 10.6 Å². The fraction of sp³-hybridized carbons (Fsp3) is 0.579. The highest BCUT2D eigenvalue weighted by Crippen LogP contribution is 2.26. The van der Waals surface area contributed by atoms with E-state index in [1.807, 2.05) is 43.1 Å². The third kappa shape index (κ3) is 9.04. The van der Waals surface area contributed by atoms with E-state index in [9.17, 15) is 4.79 Å². The number of amides is 1. The lowest BCUT2D eigenvalue weighted by Gasteiger charge is -2.19. The molecule has 0 spiro atoms. The van der Waals surface area contributed by atoms with E-state index in [4.69, 9.17) is 0 Å². The van der Waals surface area contributed by atoms with Crippen molar-refractivity contribution in [2.45, 2.75) is 38.0 Å². The standard InChI is InChI=1S/C19H29BrN4OS.HI/c1-3-21-19(23-13-16-8-6-12-26-16)22-11-10-18(25)24(2)14-15-7-4-5-9-17(15)20;/h4-5,7,9,16H,3,6,8,10-14H2,1-2H3,(H2,21,22,23);1H. The summed E-state index contributed by atoms with van der Waals surface area (Å²) in [5, 5.41) is 7.18. The Hall–Kier alpha value is -0.480. The summed E-state index contributed by atoms with van der Waals surface area (Å²) < 4.78 is 1.03. The van der Waals surface area contributed by atoms with E-state index in [0.29, 0.717) is 24.8 Å². The lowest BCUT2D eigenvalue weighted by molar-refractivity contribution is -0.130. The van der Waals surface area contributed by atoms with Crippen molar-refractivity contribution in [3.8, 4) is 0 Å². The summed E-state index contributed by atoms with van der Waals surface area (Å²) >= 11 is 5.54. The van der Waals surface area contributed by atoms with Gasteiger partial charge < -0.3 is 15.5 Å². The van der Waals surface area contributed by atoms with Crippen LogP contribution in [0.2, 0.25) is 0 Å². The van der Waals surface area contributed by atoms with Crippen LogP contribution in [-0.2, 0) is 11.3 Å². The molecule has 0 aromatic heterocycles. The number of halogens is 2. The summed E-state index contributed by atoms with van der Waals surface area (Å²) in [6.07, 6.45) is 3.00. The van der Waals surface area contributed by atoms with Crippen molar-refractivity contribution in [1.29, 1.82) is 0 Å². The zero-order valence-electron chi connectivity index (χ0n) is 16.0. The summed E-state index contributed by atoms with van der Waals surface area (Å²) in [6, 6.07) is 7.99. The van der Waals surface area contributed by atoms with E-state index in [1.165, 1.54) is 18.6 Å². The number of hydrogen-bond donors (Lipinski definition) is 2. The molecule has 0 bridgehead atoms. The normalized spacial score (nSPS) is 16.6. The van der Waals surface area contributed by atoms with E-state index in [2.05, 4.69) is 38.5 Å². The van der Waals surface area contributed by atoms with Gasteiger partial charge in [-0.3, -0.25) is 9.79 Å². The van der Waals surface area contributed by atoms with Crippen LogP contribution in [0.4, 0.5) is 0 Å². The molecular weight excluding hydrogens is 539 g/mol. The molecule has 1 heterocycles. The molecule has 0 aliphatic carbocycles. The third-order valence-electron chi connectivity index (χ3n) is 4.24. The number of carbonyl (C=O) groups excluding carboxylic acids is 1. The molecule has 1 atom stereocenters. The maximum Gasteiger partial charge on any atom is 0.224 e. The second-order valence-electron chi connectivity index (χ2n) is 6.37. The Bertz CT molecular complexity index is 611. The minimum absolute atomic E-state index is 0. The van der Waals surface area contributed by atoms with Crippen molar-refractivity contribution < 1.29 is 4.79 Å². The summed E-state index contributed by atoms with van der Waals surface area (Å²) in [5.74, 6) is 2.18. The summed E-state index contributed by atoms with van der Waals surface area (Å²) in [4.78, 5) is 18.8. The van der Waals surface area contributed by atoms with Crippen molar-refractivity contribution >= 4 is 63.5 Å². The molecule has 0 radical (unpaired) electrons. The number of rotatable bonds is 8. The van der Waals surface area contributed by atoms with Crippen LogP contribution in [0.15, 0.2) is 33.7 Å². The SMILES string of the molecule is CCNC(=NCC1CCCS1)NCCC(=O)N(C)Cc1ccccc1Br.I.